The smallest absolute Gasteiger partial charge is 0.306 e. The van der Waals surface area contributed by atoms with Gasteiger partial charge in [0, 0.05) is 12.8 Å². The van der Waals surface area contributed by atoms with Crippen molar-refractivity contribution >= 4 is 17.9 Å². The van der Waals surface area contributed by atoms with Crippen molar-refractivity contribution in [3.05, 3.63) is 60.8 Å². The monoisotopic (exact) mass is 1250 g/mol. The van der Waals surface area contributed by atoms with Crippen molar-refractivity contribution in [2.75, 3.05) is 47.5 Å². The number of hydrogen-bond donors (Lipinski definition) is 0. The molecule has 0 aliphatic rings. The number of nitrogens with zero attached hydrogens (tertiary/aromatic N) is 1. The van der Waals surface area contributed by atoms with Crippen LogP contribution >= 0.6 is 0 Å². The molecule has 0 saturated carbocycles. The number of aliphatic carboxylic acids is 1. The zero-order chi connectivity index (χ0) is 64.7. The number of hydrogen-bond acceptors (Lipinski definition) is 8. The average Bonchev–Trinajstić information content (AvgIpc) is 3.64. The number of carboxylic acids is 1. The first-order valence-corrected chi connectivity index (χ1v) is 38.4. The summed E-state index contributed by atoms with van der Waals surface area (Å²) in [5, 5.41) is 11.8. The number of quaternary nitrogens is 1. The predicted octanol–water partition coefficient (Wildman–Crippen LogP) is 22.9. The van der Waals surface area contributed by atoms with Gasteiger partial charge < -0.3 is 33.3 Å². The van der Waals surface area contributed by atoms with Gasteiger partial charge in [-0.05, 0) is 57.8 Å². The van der Waals surface area contributed by atoms with E-state index in [4.69, 9.17) is 18.9 Å². The molecule has 0 rings (SSSR count). The van der Waals surface area contributed by atoms with Crippen molar-refractivity contribution in [3.8, 4) is 0 Å². The Bertz CT molecular complexity index is 1650. The van der Waals surface area contributed by atoms with E-state index < -0.39 is 24.3 Å². The first kappa shape index (κ1) is 86.0. The predicted molar refractivity (Wildman–Crippen MR) is 380 cm³/mol. The highest BCUT2D eigenvalue weighted by atomic mass is 16.7. The Morgan fingerprint density at radius 1 is 0.348 bits per heavy atom. The summed E-state index contributed by atoms with van der Waals surface area (Å²) in [5.74, 6) is -2.25. The molecule has 9 nitrogen and oxygen atoms in total. The fourth-order valence-electron chi connectivity index (χ4n) is 11.5. The molecule has 0 aliphatic heterocycles. The van der Waals surface area contributed by atoms with Gasteiger partial charge in [-0.1, -0.05) is 364 Å². The number of esters is 2. The van der Waals surface area contributed by atoms with Crippen LogP contribution in [0.25, 0.3) is 0 Å². The molecule has 0 bridgehead atoms. The van der Waals surface area contributed by atoms with E-state index >= 15 is 0 Å². The quantitative estimate of drug-likeness (QED) is 0.0195. The summed E-state index contributed by atoms with van der Waals surface area (Å²) in [4.78, 5) is 37.6. The summed E-state index contributed by atoms with van der Waals surface area (Å²) in [6, 6.07) is 0. The molecular weight excluding hydrogens is 1100 g/mol. The van der Waals surface area contributed by atoms with E-state index in [-0.39, 0.29) is 32.2 Å². The van der Waals surface area contributed by atoms with E-state index in [0.717, 1.165) is 70.6 Å². The molecule has 520 valence electrons. The molecule has 0 radical (unpaired) electrons. The Hall–Kier alpha value is -3.01. The van der Waals surface area contributed by atoms with Gasteiger partial charge in [0.1, 0.15) is 13.2 Å². The van der Waals surface area contributed by atoms with Crippen molar-refractivity contribution in [1.29, 1.82) is 0 Å². The number of allylic oxidation sites excluding steroid dienone is 10. The minimum absolute atomic E-state index is 0.151. The highest BCUT2D eigenvalue weighted by molar-refractivity contribution is 5.70. The van der Waals surface area contributed by atoms with Crippen molar-refractivity contribution in [1.82, 2.24) is 0 Å². The van der Waals surface area contributed by atoms with Gasteiger partial charge in [0.15, 0.2) is 12.4 Å². The largest absolute Gasteiger partial charge is 0.545 e. The minimum atomic E-state index is -1.62. The van der Waals surface area contributed by atoms with E-state index in [1.165, 1.54) is 276 Å². The van der Waals surface area contributed by atoms with Crippen LogP contribution in [-0.4, -0.2) is 82.3 Å². The number of carbonyl (C=O) groups excluding carboxylic acids is 3. The molecule has 0 aromatic heterocycles. The van der Waals surface area contributed by atoms with Gasteiger partial charge in [-0.2, -0.15) is 0 Å². The molecule has 0 saturated heterocycles. The Morgan fingerprint density at radius 3 is 0.955 bits per heavy atom. The van der Waals surface area contributed by atoms with Crippen LogP contribution in [0, 0.1) is 0 Å². The minimum Gasteiger partial charge on any atom is -0.545 e. The number of ether oxygens (including phenoxy) is 4. The maximum absolute atomic E-state index is 13.0. The Morgan fingerprint density at radius 2 is 0.640 bits per heavy atom. The van der Waals surface area contributed by atoms with Crippen LogP contribution in [0.2, 0.25) is 0 Å². The van der Waals surface area contributed by atoms with Crippen molar-refractivity contribution in [2.24, 2.45) is 0 Å². The van der Waals surface area contributed by atoms with Gasteiger partial charge in [0.2, 0.25) is 0 Å². The number of carboxylic acid groups (broad SMARTS) is 1. The maximum Gasteiger partial charge on any atom is 0.306 e. The molecule has 0 fully saturated rings. The van der Waals surface area contributed by atoms with Crippen LogP contribution in [0.5, 0.6) is 0 Å². The lowest BCUT2D eigenvalue weighted by Gasteiger charge is -2.26. The van der Waals surface area contributed by atoms with Crippen LogP contribution in [0.3, 0.4) is 0 Å². The van der Waals surface area contributed by atoms with Crippen LogP contribution in [-0.2, 0) is 33.3 Å². The fraction of sp³-hybridized carbons (Fsp3) is 0.838. The molecule has 0 amide bonds. The molecule has 9 heteroatoms. The zero-order valence-electron chi connectivity index (χ0n) is 59.6. The number of likely N-dealkylation sites (N-methyl/N-ethyl adjacent to an activating group) is 1. The van der Waals surface area contributed by atoms with Crippen LogP contribution in [0.4, 0.5) is 0 Å². The molecule has 2 unspecified atom stereocenters. The third-order valence-electron chi connectivity index (χ3n) is 17.3. The second kappa shape index (κ2) is 70.9. The summed E-state index contributed by atoms with van der Waals surface area (Å²) in [7, 11) is 5.95. The van der Waals surface area contributed by atoms with E-state index in [2.05, 4.69) is 74.6 Å². The van der Waals surface area contributed by atoms with Gasteiger partial charge in [0.05, 0.1) is 40.3 Å². The average molecular weight is 1250 g/mol. The molecule has 0 spiro atoms. The van der Waals surface area contributed by atoms with Crippen molar-refractivity contribution in [2.45, 2.75) is 386 Å². The molecule has 89 heavy (non-hydrogen) atoms. The topological polar surface area (TPSA) is 111 Å². The van der Waals surface area contributed by atoms with E-state index in [0.29, 0.717) is 17.4 Å². The van der Waals surface area contributed by atoms with Gasteiger partial charge in [-0.15, -0.1) is 0 Å². The lowest BCUT2D eigenvalue weighted by Crippen LogP contribution is -2.44. The lowest BCUT2D eigenvalue weighted by molar-refractivity contribution is -0.870. The Kier molecular flexibility index (Phi) is 68.5. The molecule has 0 heterocycles. The van der Waals surface area contributed by atoms with Gasteiger partial charge in [0.25, 0.3) is 0 Å². The van der Waals surface area contributed by atoms with E-state index in [1.807, 2.05) is 21.1 Å². The first-order valence-electron chi connectivity index (χ1n) is 38.4. The van der Waals surface area contributed by atoms with E-state index in [1.54, 1.807) is 0 Å². The fourth-order valence-corrected chi connectivity index (χ4v) is 11.5. The van der Waals surface area contributed by atoms with Crippen molar-refractivity contribution in [3.63, 3.8) is 0 Å². The zero-order valence-corrected chi connectivity index (χ0v) is 59.6. The summed E-state index contributed by atoms with van der Waals surface area (Å²) in [5.41, 5.74) is 0. The molecule has 2 atom stereocenters. The number of unbranched alkanes of at least 4 members (excludes halogenated alkanes) is 47. The summed E-state index contributed by atoms with van der Waals surface area (Å²) >= 11 is 0. The Balaban J connectivity index is 3.97. The van der Waals surface area contributed by atoms with Crippen LogP contribution in [0.1, 0.15) is 373 Å². The first-order chi connectivity index (χ1) is 43.6. The van der Waals surface area contributed by atoms with Gasteiger partial charge in [-0.3, -0.25) is 9.59 Å². The Labute approximate surface area is 552 Å². The molecule has 0 aromatic rings. The van der Waals surface area contributed by atoms with Crippen molar-refractivity contribution < 1.29 is 42.9 Å². The highest BCUT2D eigenvalue weighted by Crippen LogP contribution is 2.19. The van der Waals surface area contributed by atoms with E-state index in [9.17, 15) is 19.5 Å². The molecule has 0 aromatic carbocycles. The van der Waals surface area contributed by atoms with Crippen LogP contribution < -0.4 is 5.11 Å². The normalized spacial score (nSPS) is 13.0. The summed E-state index contributed by atoms with van der Waals surface area (Å²) in [6.07, 6.45) is 90.5. The second-order valence-corrected chi connectivity index (χ2v) is 27.3. The number of carbonyl (C=O) groups is 3. The third kappa shape index (κ3) is 72.3. The summed E-state index contributed by atoms with van der Waals surface area (Å²) in [6.45, 7) is 4.71. The SMILES string of the molecule is CC/C=C\C/C=C\C/C=C\C/C=C\C/C=C\CCCCCCCCCCCCCCCCCCCCCCCCCC(=O)OC(COC(=O)CCCCCCCCCCCCCCCCCCCCCCCCCCC)COC(OCC[N+](C)(C)C)C(=O)[O-]. The molecule has 0 aliphatic carbocycles. The summed E-state index contributed by atoms with van der Waals surface area (Å²) < 4.78 is 22.9. The highest BCUT2D eigenvalue weighted by Gasteiger charge is 2.22. The number of rotatable bonds is 72. The lowest BCUT2D eigenvalue weighted by atomic mass is 10.0. The maximum atomic E-state index is 13.0. The third-order valence-corrected chi connectivity index (χ3v) is 17.3. The standard InChI is InChI=1S/C80H147NO8/c1-6-8-10-12-14-16-18-20-22-24-26-28-30-32-33-34-35-36-37-38-39-40-41-42-43-44-45-47-49-51-53-55-57-59-61-63-65-67-69-71-78(83)89-76(75-88-80(79(84)85)86-73-72-81(3,4)5)74-87-77(82)70-68-66-64-62-60-58-56-54-52-50-48-46-31-29-27-25-23-21-19-17-15-13-11-9-7-2/h8,10,14,16,20,22,26,28,32-33,76,80H,6-7,9,11-13,15,17-19,21,23-25,27,29-31,34-75H2,1-5H3/b10-8-,16-14-,22-20-,28-26-,33-32-. The second-order valence-electron chi connectivity index (χ2n) is 27.3. The van der Waals surface area contributed by atoms with Gasteiger partial charge >= 0.3 is 11.9 Å². The molecule has 0 N–H and O–H groups in total. The molecular formula is C80H147NO8. The van der Waals surface area contributed by atoms with Gasteiger partial charge in [-0.25, -0.2) is 0 Å². The van der Waals surface area contributed by atoms with Crippen LogP contribution in [0.15, 0.2) is 60.8 Å².